The third-order valence-corrected chi connectivity index (χ3v) is 3.01. The fourth-order valence-corrected chi connectivity index (χ4v) is 2.07. The number of aromatic nitrogens is 2. The predicted octanol–water partition coefficient (Wildman–Crippen LogP) is 1.34. The Morgan fingerprint density at radius 2 is 2.29 bits per heavy atom. The van der Waals surface area contributed by atoms with Gasteiger partial charge in [0, 0.05) is 13.1 Å². The highest BCUT2D eigenvalue weighted by molar-refractivity contribution is 9.10. The Hall–Kier alpha value is -0.880. The van der Waals surface area contributed by atoms with E-state index in [1.165, 1.54) is 6.33 Å². The summed E-state index contributed by atoms with van der Waals surface area (Å²) in [7, 11) is 0. The molecule has 1 heterocycles. The first kappa shape index (κ1) is 14.2. The summed E-state index contributed by atoms with van der Waals surface area (Å²) in [5.41, 5.74) is 5.37. The maximum atomic E-state index is 11.5. The van der Waals surface area contributed by atoms with Crippen molar-refractivity contribution >= 4 is 21.7 Å². The van der Waals surface area contributed by atoms with Crippen LogP contribution in [0.3, 0.4) is 0 Å². The summed E-state index contributed by atoms with van der Waals surface area (Å²) < 4.78 is 0.484. The largest absolute Gasteiger partial charge is 0.355 e. The molecule has 96 valence electrons. The Balaban J connectivity index is 2.95. The fourth-order valence-electron chi connectivity index (χ4n) is 1.60. The van der Waals surface area contributed by atoms with Crippen LogP contribution in [0.2, 0.25) is 0 Å². The lowest BCUT2D eigenvalue weighted by atomic mass is 10.2. The van der Waals surface area contributed by atoms with Gasteiger partial charge in [-0.15, -0.1) is 0 Å². The Kier molecular flexibility index (Phi) is 5.64. The molecule has 0 aromatic carbocycles. The zero-order valence-corrected chi connectivity index (χ0v) is 11.8. The number of H-pyrrole nitrogens is 1. The van der Waals surface area contributed by atoms with Gasteiger partial charge in [-0.3, -0.25) is 4.79 Å². The van der Waals surface area contributed by atoms with Gasteiger partial charge in [0.05, 0.1) is 6.33 Å². The van der Waals surface area contributed by atoms with E-state index in [1.807, 2.05) is 0 Å². The summed E-state index contributed by atoms with van der Waals surface area (Å²) in [6.45, 7) is 6.57. The summed E-state index contributed by atoms with van der Waals surface area (Å²) in [5, 5.41) is 0. The highest BCUT2D eigenvalue weighted by Gasteiger charge is 2.14. The quantitative estimate of drug-likeness (QED) is 0.831. The van der Waals surface area contributed by atoms with Crippen molar-refractivity contribution in [3.8, 4) is 0 Å². The van der Waals surface area contributed by atoms with Crippen molar-refractivity contribution in [2.75, 3.05) is 24.5 Å². The molecule has 17 heavy (non-hydrogen) atoms. The van der Waals surface area contributed by atoms with Crippen molar-refractivity contribution in [3.63, 3.8) is 0 Å². The van der Waals surface area contributed by atoms with Gasteiger partial charge in [0.2, 0.25) is 0 Å². The van der Waals surface area contributed by atoms with E-state index in [0.29, 0.717) is 22.8 Å². The topological polar surface area (TPSA) is 75.0 Å². The zero-order valence-electron chi connectivity index (χ0n) is 10.2. The van der Waals surface area contributed by atoms with Crippen LogP contribution in [0.15, 0.2) is 15.6 Å². The van der Waals surface area contributed by atoms with Crippen LogP contribution < -0.4 is 16.2 Å². The maximum Gasteiger partial charge on any atom is 0.267 e. The predicted molar refractivity (Wildman–Crippen MR) is 73.3 cm³/mol. The Morgan fingerprint density at radius 1 is 1.59 bits per heavy atom. The van der Waals surface area contributed by atoms with Crippen molar-refractivity contribution in [1.82, 2.24) is 9.97 Å². The van der Waals surface area contributed by atoms with Gasteiger partial charge in [-0.25, -0.2) is 4.98 Å². The van der Waals surface area contributed by atoms with Crippen molar-refractivity contribution < 1.29 is 0 Å². The average molecular weight is 303 g/mol. The molecular weight excluding hydrogens is 284 g/mol. The van der Waals surface area contributed by atoms with Crippen LogP contribution in [0, 0.1) is 5.92 Å². The molecule has 0 saturated heterocycles. The van der Waals surface area contributed by atoms with E-state index in [1.54, 1.807) is 0 Å². The molecule has 0 amide bonds. The van der Waals surface area contributed by atoms with Gasteiger partial charge < -0.3 is 15.6 Å². The minimum absolute atomic E-state index is 0.156. The molecule has 0 radical (unpaired) electrons. The minimum Gasteiger partial charge on any atom is -0.355 e. The standard InChI is InChI=1S/C11H19BrN4O/c1-8(2)6-16(5-3-4-13)10-9(12)11(17)15-7-14-10/h7-8H,3-6,13H2,1-2H3,(H,14,15,17). The monoisotopic (exact) mass is 302 g/mol. The summed E-state index contributed by atoms with van der Waals surface area (Å²) in [4.78, 5) is 20.4. The van der Waals surface area contributed by atoms with E-state index >= 15 is 0 Å². The molecule has 1 aromatic rings. The average Bonchev–Trinajstić information content (AvgIpc) is 2.28. The Bertz CT molecular complexity index is 405. The van der Waals surface area contributed by atoms with E-state index in [4.69, 9.17) is 5.73 Å². The molecule has 1 rings (SSSR count). The molecule has 0 fully saturated rings. The van der Waals surface area contributed by atoms with Gasteiger partial charge in [0.25, 0.3) is 5.56 Å². The van der Waals surface area contributed by atoms with Crippen LogP contribution in [-0.4, -0.2) is 29.6 Å². The lowest BCUT2D eigenvalue weighted by molar-refractivity contribution is 0.595. The van der Waals surface area contributed by atoms with Gasteiger partial charge in [0.15, 0.2) is 0 Å². The third kappa shape index (κ3) is 4.12. The first-order chi connectivity index (χ1) is 8.06. The molecular formula is C11H19BrN4O. The smallest absolute Gasteiger partial charge is 0.267 e. The Morgan fingerprint density at radius 3 is 2.88 bits per heavy atom. The summed E-state index contributed by atoms with van der Waals surface area (Å²) in [5.74, 6) is 1.19. The molecule has 5 nitrogen and oxygen atoms in total. The van der Waals surface area contributed by atoms with Gasteiger partial charge in [-0.1, -0.05) is 13.8 Å². The highest BCUT2D eigenvalue weighted by atomic mass is 79.9. The lowest BCUT2D eigenvalue weighted by Crippen LogP contribution is -2.32. The maximum absolute atomic E-state index is 11.5. The molecule has 0 aliphatic rings. The second-order valence-electron chi connectivity index (χ2n) is 4.35. The molecule has 1 aromatic heterocycles. The van der Waals surface area contributed by atoms with Crippen LogP contribution in [0.25, 0.3) is 0 Å². The van der Waals surface area contributed by atoms with Crippen LogP contribution in [0.1, 0.15) is 20.3 Å². The van der Waals surface area contributed by atoms with E-state index < -0.39 is 0 Å². The van der Waals surface area contributed by atoms with Crippen LogP contribution >= 0.6 is 15.9 Å². The van der Waals surface area contributed by atoms with E-state index in [9.17, 15) is 4.79 Å². The lowest BCUT2D eigenvalue weighted by Gasteiger charge is -2.25. The number of rotatable bonds is 6. The molecule has 6 heteroatoms. The number of hydrogen-bond acceptors (Lipinski definition) is 4. The fraction of sp³-hybridized carbons (Fsp3) is 0.636. The van der Waals surface area contributed by atoms with Gasteiger partial charge in [0.1, 0.15) is 10.3 Å². The van der Waals surface area contributed by atoms with Crippen LogP contribution in [0.4, 0.5) is 5.82 Å². The summed E-state index contributed by atoms with van der Waals surface area (Å²) in [6.07, 6.45) is 2.31. The van der Waals surface area contributed by atoms with Crippen molar-refractivity contribution in [3.05, 3.63) is 21.2 Å². The minimum atomic E-state index is -0.156. The molecule has 3 N–H and O–H groups in total. The van der Waals surface area contributed by atoms with E-state index in [2.05, 4.69) is 44.6 Å². The number of halogens is 1. The number of nitrogens with two attached hydrogens (primary N) is 1. The van der Waals surface area contributed by atoms with Gasteiger partial charge in [-0.2, -0.15) is 0 Å². The Labute approximate surface area is 110 Å². The van der Waals surface area contributed by atoms with Crippen molar-refractivity contribution in [2.45, 2.75) is 20.3 Å². The first-order valence-corrected chi connectivity index (χ1v) is 6.53. The van der Waals surface area contributed by atoms with Gasteiger partial charge >= 0.3 is 0 Å². The van der Waals surface area contributed by atoms with Crippen molar-refractivity contribution in [1.29, 1.82) is 0 Å². The molecule has 0 atom stereocenters. The normalized spacial score (nSPS) is 10.9. The number of nitrogens with one attached hydrogen (secondary N) is 1. The number of anilines is 1. The molecule has 0 unspecified atom stereocenters. The van der Waals surface area contributed by atoms with Crippen molar-refractivity contribution in [2.24, 2.45) is 11.7 Å². The summed E-state index contributed by atoms with van der Waals surface area (Å²) in [6, 6.07) is 0. The number of nitrogens with zero attached hydrogens (tertiary/aromatic N) is 2. The third-order valence-electron chi connectivity index (χ3n) is 2.30. The molecule has 0 aliphatic carbocycles. The van der Waals surface area contributed by atoms with E-state index in [-0.39, 0.29) is 5.56 Å². The second kappa shape index (κ2) is 6.76. The molecule has 0 spiro atoms. The second-order valence-corrected chi connectivity index (χ2v) is 5.14. The highest BCUT2D eigenvalue weighted by Crippen LogP contribution is 2.20. The number of aromatic amines is 1. The summed E-state index contributed by atoms with van der Waals surface area (Å²) >= 11 is 3.28. The molecule has 0 saturated carbocycles. The molecule has 0 aliphatic heterocycles. The zero-order chi connectivity index (χ0) is 12.8. The van der Waals surface area contributed by atoms with Crippen LogP contribution in [-0.2, 0) is 0 Å². The SMILES string of the molecule is CC(C)CN(CCCN)c1nc[nH]c(=O)c1Br. The first-order valence-electron chi connectivity index (χ1n) is 5.74. The number of hydrogen-bond donors (Lipinski definition) is 2. The van der Waals surface area contributed by atoms with Gasteiger partial charge in [-0.05, 0) is 34.8 Å². The van der Waals surface area contributed by atoms with Crippen LogP contribution in [0.5, 0.6) is 0 Å². The molecule has 0 bridgehead atoms. The van der Waals surface area contributed by atoms with E-state index in [0.717, 1.165) is 19.5 Å².